The summed E-state index contributed by atoms with van der Waals surface area (Å²) in [6.45, 7) is 12.3. The number of piperazine rings is 1. The third kappa shape index (κ3) is 3.94. The number of rotatable bonds is 6. The van der Waals surface area contributed by atoms with E-state index in [4.69, 9.17) is 4.52 Å². The first kappa shape index (κ1) is 16.1. The van der Waals surface area contributed by atoms with Crippen molar-refractivity contribution < 1.29 is 4.52 Å². The van der Waals surface area contributed by atoms with E-state index in [1.54, 1.807) is 12.7 Å². The van der Waals surface area contributed by atoms with Crippen molar-refractivity contribution >= 4 is 0 Å². The maximum Gasteiger partial charge on any atom is 0.243 e. The predicted molar refractivity (Wildman–Crippen MR) is 84.8 cm³/mol. The average molecular weight is 319 g/mol. The summed E-state index contributed by atoms with van der Waals surface area (Å²) in [5.41, 5.74) is 0. The van der Waals surface area contributed by atoms with Crippen molar-refractivity contribution in [3.63, 3.8) is 0 Å². The molecule has 1 saturated heterocycles. The van der Waals surface area contributed by atoms with Gasteiger partial charge >= 0.3 is 0 Å². The van der Waals surface area contributed by atoms with Crippen LogP contribution in [0.15, 0.2) is 17.2 Å². The van der Waals surface area contributed by atoms with E-state index < -0.39 is 0 Å². The fourth-order valence-electron chi connectivity index (χ4n) is 2.77. The summed E-state index contributed by atoms with van der Waals surface area (Å²) in [4.78, 5) is 13.4. The SMILES string of the molecule is CC(C)c1noc([C@H](C)N2CCN(CCn3cncn3)CC2)n1. The van der Waals surface area contributed by atoms with Crippen LogP contribution < -0.4 is 0 Å². The minimum Gasteiger partial charge on any atom is -0.338 e. The van der Waals surface area contributed by atoms with E-state index in [0.717, 1.165) is 51.0 Å². The van der Waals surface area contributed by atoms with E-state index in [1.807, 2.05) is 4.68 Å². The van der Waals surface area contributed by atoms with Crippen LogP contribution in [0.1, 0.15) is 44.4 Å². The Kier molecular flexibility index (Phi) is 5.02. The van der Waals surface area contributed by atoms with Gasteiger partial charge in [0.15, 0.2) is 5.82 Å². The molecule has 0 amide bonds. The van der Waals surface area contributed by atoms with Crippen molar-refractivity contribution in [2.75, 3.05) is 32.7 Å². The molecule has 1 atom stereocenters. The molecule has 3 heterocycles. The molecule has 0 saturated carbocycles. The van der Waals surface area contributed by atoms with Crippen LogP contribution in [-0.2, 0) is 6.54 Å². The molecule has 1 fully saturated rings. The van der Waals surface area contributed by atoms with Crippen molar-refractivity contribution in [1.29, 1.82) is 0 Å². The maximum absolute atomic E-state index is 5.43. The highest BCUT2D eigenvalue weighted by molar-refractivity contribution is 4.96. The number of hydrogen-bond acceptors (Lipinski definition) is 7. The van der Waals surface area contributed by atoms with Gasteiger partial charge in [0.25, 0.3) is 0 Å². The molecule has 3 rings (SSSR count). The van der Waals surface area contributed by atoms with E-state index >= 15 is 0 Å². The number of hydrogen-bond donors (Lipinski definition) is 0. The third-order valence-electron chi connectivity index (χ3n) is 4.40. The van der Waals surface area contributed by atoms with Gasteiger partial charge in [-0.3, -0.25) is 14.5 Å². The molecule has 1 aliphatic rings. The standard InChI is InChI=1S/C15H25N7O/c1-12(2)14-18-15(23-19-14)13(3)21-7-4-20(5-8-21)6-9-22-11-16-10-17-22/h10-13H,4-9H2,1-3H3/t13-/m0/s1. The molecule has 0 N–H and O–H groups in total. The van der Waals surface area contributed by atoms with E-state index in [0.29, 0.717) is 5.92 Å². The second-order valence-corrected chi connectivity index (χ2v) is 6.36. The fraction of sp³-hybridized carbons (Fsp3) is 0.733. The van der Waals surface area contributed by atoms with Crippen LogP contribution in [0.3, 0.4) is 0 Å². The van der Waals surface area contributed by atoms with Gasteiger partial charge in [-0.2, -0.15) is 10.1 Å². The first-order valence-corrected chi connectivity index (χ1v) is 8.26. The van der Waals surface area contributed by atoms with Crippen LogP contribution in [-0.4, -0.2) is 67.4 Å². The molecule has 0 aromatic carbocycles. The van der Waals surface area contributed by atoms with Crippen molar-refractivity contribution in [2.24, 2.45) is 0 Å². The van der Waals surface area contributed by atoms with E-state index in [1.165, 1.54) is 0 Å². The Labute approximate surface area is 136 Å². The van der Waals surface area contributed by atoms with Crippen molar-refractivity contribution in [2.45, 2.75) is 39.3 Å². The normalized spacial score (nSPS) is 18.6. The zero-order valence-corrected chi connectivity index (χ0v) is 14.1. The summed E-state index contributed by atoms with van der Waals surface area (Å²) in [6.07, 6.45) is 3.34. The first-order chi connectivity index (χ1) is 11.1. The second-order valence-electron chi connectivity index (χ2n) is 6.36. The first-order valence-electron chi connectivity index (χ1n) is 8.26. The fourth-order valence-corrected chi connectivity index (χ4v) is 2.77. The zero-order valence-electron chi connectivity index (χ0n) is 14.1. The molecule has 0 bridgehead atoms. The summed E-state index contributed by atoms with van der Waals surface area (Å²) in [5.74, 6) is 1.82. The summed E-state index contributed by atoms with van der Waals surface area (Å²) in [7, 11) is 0. The highest BCUT2D eigenvalue weighted by Crippen LogP contribution is 2.21. The van der Waals surface area contributed by atoms with Crippen LogP contribution in [0, 0.1) is 0 Å². The molecule has 0 spiro atoms. The van der Waals surface area contributed by atoms with Gasteiger partial charge in [0.1, 0.15) is 12.7 Å². The predicted octanol–water partition coefficient (Wildman–Crippen LogP) is 1.16. The molecule has 8 nitrogen and oxygen atoms in total. The minimum atomic E-state index is 0.174. The number of nitrogens with zero attached hydrogens (tertiary/aromatic N) is 7. The minimum absolute atomic E-state index is 0.174. The summed E-state index contributed by atoms with van der Waals surface area (Å²) in [5, 5.41) is 8.21. The Hall–Kier alpha value is -1.80. The van der Waals surface area contributed by atoms with Gasteiger partial charge in [0.2, 0.25) is 5.89 Å². The third-order valence-corrected chi connectivity index (χ3v) is 4.40. The summed E-state index contributed by atoms with van der Waals surface area (Å²) in [6, 6.07) is 0.174. The molecule has 2 aromatic heterocycles. The highest BCUT2D eigenvalue weighted by Gasteiger charge is 2.26. The Morgan fingerprint density at radius 3 is 2.52 bits per heavy atom. The highest BCUT2D eigenvalue weighted by atomic mass is 16.5. The van der Waals surface area contributed by atoms with Gasteiger partial charge in [-0.25, -0.2) is 4.98 Å². The van der Waals surface area contributed by atoms with Gasteiger partial charge in [-0.05, 0) is 6.92 Å². The largest absolute Gasteiger partial charge is 0.338 e. The molecule has 23 heavy (non-hydrogen) atoms. The number of aromatic nitrogens is 5. The van der Waals surface area contributed by atoms with Gasteiger partial charge in [0, 0.05) is 38.6 Å². The second kappa shape index (κ2) is 7.18. The van der Waals surface area contributed by atoms with Crippen LogP contribution >= 0.6 is 0 Å². The van der Waals surface area contributed by atoms with Gasteiger partial charge in [0.05, 0.1) is 12.6 Å². The molecular weight excluding hydrogens is 294 g/mol. The van der Waals surface area contributed by atoms with Crippen LogP contribution in [0.5, 0.6) is 0 Å². The van der Waals surface area contributed by atoms with Gasteiger partial charge < -0.3 is 4.52 Å². The lowest BCUT2D eigenvalue weighted by molar-refractivity contribution is 0.0858. The molecule has 2 aromatic rings. The van der Waals surface area contributed by atoms with E-state index in [-0.39, 0.29) is 6.04 Å². The molecule has 126 valence electrons. The molecule has 0 radical (unpaired) electrons. The Balaban J connectivity index is 1.47. The maximum atomic E-state index is 5.43. The van der Waals surface area contributed by atoms with Crippen LogP contribution in [0.4, 0.5) is 0 Å². The van der Waals surface area contributed by atoms with E-state index in [2.05, 4.69) is 50.8 Å². The summed E-state index contributed by atoms with van der Waals surface area (Å²) >= 11 is 0. The Morgan fingerprint density at radius 2 is 1.91 bits per heavy atom. The zero-order chi connectivity index (χ0) is 16.2. The lowest BCUT2D eigenvalue weighted by Gasteiger charge is -2.36. The van der Waals surface area contributed by atoms with Gasteiger partial charge in [-0.1, -0.05) is 19.0 Å². The van der Waals surface area contributed by atoms with Crippen LogP contribution in [0.25, 0.3) is 0 Å². The van der Waals surface area contributed by atoms with Gasteiger partial charge in [-0.15, -0.1) is 0 Å². The molecule has 1 aliphatic heterocycles. The van der Waals surface area contributed by atoms with Crippen molar-refractivity contribution in [3.05, 3.63) is 24.4 Å². The molecule has 8 heteroatoms. The molecule has 0 aliphatic carbocycles. The monoisotopic (exact) mass is 319 g/mol. The lowest BCUT2D eigenvalue weighted by atomic mass is 10.2. The molecular formula is C15H25N7O. The molecule has 0 unspecified atom stereocenters. The van der Waals surface area contributed by atoms with Crippen LogP contribution in [0.2, 0.25) is 0 Å². The van der Waals surface area contributed by atoms with Crippen molar-refractivity contribution in [1.82, 2.24) is 34.7 Å². The smallest absolute Gasteiger partial charge is 0.243 e. The average Bonchev–Trinajstić information content (AvgIpc) is 3.24. The van der Waals surface area contributed by atoms with Crippen molar-refractivity contribution in [3.8, 4) is 0 Å². The van der Waals surface area contributed by atoms with E-state index in [9.17, 15) is 0 Å². The summed E-state index contributed by atoms with van der Waals surface area (Å²) < 4.78 is 7.31. The Morgan fingerprint density at radius 1 is 1.13 bits per heavy atom. The lowest BCUT2D eigenvalue weighted by Crippen LogP contribution is -2.47. The quantitative estimate of drug-likeness (QED) is 0.791. The topological polar surface area (TPSA) is 76.1 Å². The Bertz CT molecular complexity index is 587.